The fourth-order valence-electron chi connectivity index (χ4n) is 2.79. The first-order valence-electron chi connectivity index (χ1n) is 6.94. The van der Waals surface area contributed by atoms with E-state index in [-0.39, 0.29) is 12.5 Å². The zero-order valence-corrected chi connectivity index (χ0v) is 11.7. The van der Waals surface area contributed by atoms with E-state index in [0.29, 0.717) is 5.56 Å². The molecular formula is C15H22N2O2. The Morgan fingerprint density at radius 3 is 2.58 bits per heavy atom. The summed E-state index contributed by atoms with van der Waals surface area (Å²) in [4.78, 5) is 16.7. The van der Waals surface area contributed by atoms with Crippen LogP contribution in [-0.4, -0.2) is 28.1 Å². The van der Waals surface area contributed by atoms with E-state index in [0.717, 1.165) is 37.1 Å². The minimum atomic E-state index is -0.438. The molecule has 0 spiro atoms. The highest BCUT2D eigenvalue weighted by Gasteiger charge is 2.33. The molecule has 0 bridgehead atoms. The summed E-state index contributed by atoms with van der Waals surface area (Å²) in [6.45, 7) is 3.76. The van der Waals surface area contributed by atoms with Crippen LogP contribution >= 0.6 is 0 Å². The van der Waals surface area contributed by atoms with Crippen LogP contribution in [0.25, 0.3) is 0 Å². The summed E-state index contributed by atoms with van der Waals surface area (Å²) in [6.07, 6.45) is 5.02. The molecule has 0 atom stereocenters. The van der Waals surface area contributed by atoms with E-state index in [9.17, 15) is 9.90 Å². The molecule has 4 nitrogen and oxygen atoms in total. The third kappa shape index (κ3) is 3.13. The Morgan fingerprint density at radius 2 is 2.00 bits per heavy atom. The van der Waals surface area contributed by atoms with Crippen LogP contribution in [0.2, 0.25) is 0 Å². The molecule has 2 rings (SSSR count). The van der Waals surface area contributed by atoms with Crippen molar-refractivity contribution in [3.63, 3.8) is 0 Å². The van der Waals surface area contributed by atoms with E-state index >= 15 is 0 Å². The second kappa shape index (κ2) is 5.70. The molecule has 104 valence electrons. The molecular weight excluding hydrogens is 240 g/mol. The number of hydrogen-bond donors (Lipinski definition) is 2. The van der Waals surface area contributed by atoms with Crippen LogP contribution in [-0.2, 0) is 0 Å². The van der Waals surface area contributed by atoms with E-state index in [4.69, 9.17) is 0 Å². The lowest BCUT2D eigenvalue weighted by atomic mass is 9.82. The summed E-state index contributed by atoms with van der Waals surface area (Å²) in [5.41, 5.74) is 1.81. The van der Waals surface area contributed by atoms with Gasteiger partial charge in [-0.2, -0.15) is 0 Å². The van der Waals surface area contributed by atoms with Gasteiger partial charge in [0.1, 0.15) is 0 Å². The molecule has 1 aromatic heterocycles. The number of carbonyl (C=O) groups excluding carboxylic acids is 1. The average Bonchev–Trinajstić information content (AvgIpc) is 2.39. The Labute approximate surface area is 114 Å². The van der Waals surface area contributed by atoms with Crippen LogP contribution in [0.15, 0.2) is 12.1 Å². The van der Waals surface area contributed by atoms with Gasteiger partial charge in [-0.25, -0.2) is 0 Å². The van der Waals surface area contributed by atoms with Crippen molar-refractivity contribution in [3.8, 4) is 0 Å². The lowest BCUT2D eigenvalue weighted by molar-refractivity contribution is 0.0757. The van der Waals surface area contributed by atoms with Crippen molar-refractivity contribution in [2.45, 2.75) is 51.5 Å². The molecule has 1 aromatic rings. The average molecular weight is 262 g/mol. The minimum Gasteiger partial charge on any atom is -0.394 e. The lowest BCUT2D eigenvalue weighted by Gasteiger charge is -2.36. The topological polar surface area (TPSA) is 62.2 Å². The maximum Gasteiger partial charge on any atom is 0.253 e. The van der Waals surface area contributed by atoms with Gasteiger partial charge in [0.05, 0.1) is 23.4 Å². The van der Waals surface area contributed by atoms with Gasteiger partial charge >= 0.3 is 0 Å². The number of nitrogens with zero attached hydrogens (tertiary/aromatic N) is 1. The third-order valence-electron chi connectivity index (χ3n) is 3.96. The predicted molar refractivity (Wildman–Crippen MR) is 74.1 cm³/mol. The molecule has 19 heavy (non-hydrogen) atoms. The highest BCUT2D eigenvalue weighted by Crippen LogP contribution is 2.28. The second-order valence-electron chi connectivity index (χ2n) is 5.54. The van der Waals surface area contributed by atoms with Crippen LogP contribution < -0.4 is 5.32 Å². The molecule has 4 heteroatoms. The van der Waals surface area contributed by atoms with Gasteiger partial charge in [-0.15, -0.1) is 0 Å². The zero-order valence-electron chi connectivity index (χ0n) is 11.7. The van der Waals surface area contributed by atoms with Gasteiger partial charge in [-0.05, 0) is 38.8 Å². The van der Waals surface area contributed by atoms with Gasteiger partial charge in [-0.3, -0.25) is 9.78 Å². The number of rotatable bonds is 3. The monoisotopic (exact) mass is 262 g/mol. The van der Waals surface area contributed by atoms with Gasteiger partial charge in [0.25, 0.3) is 5.91 Å². The summed E-state index contributed by atoms with van der Waals surface area (Å²) in [5, 5.41) is 12.7. The number of hydrogen-bond acceptors (Lipinski definition) is 3. The van der Waals surface area contributed by atoms with Gasteiger partial charge in [-0.1, -0.05) is 19.3 Å². The molecule has 0 aliphatic heterocycles. The summed E-state index contributed by atoms with van der Waals surface area (Å²) in [6, 6.07) is 3.65. The Morgan fingerprint density at radius 1 is 1.32 bits per heavy atom. The Kier molecular flexibility index (Phi) is 4.20. The van der Waals surface area contributed by atoms with Gasteiger partial charge in [0.15, 0.2) is 0 Å². The molecule has 1 heterocycles. The number of amides is 1. The maximum absolute atomic E-state index is 12.3. The first kappa shape index (κ1) is 14.0. The third-order valence-corrected chi connectivity index (χ3v) is 3.96. The SMILES string of the molecule is Cc1ccc(C(=O)NC2(CO)CCCCC2)c(C)n1. The van der Waals surface area contributed by atoms with Crippen molar-refractivity contribution in [1.29, 1.82) is 0 Å². The molecule has 0 radical (unpaired) electrons. The number of aryl methyl sites for hydroxylation is 2. The van der Waals surface area contributed by atoms with Crippen molar-refractivity contribution in [1.82, 2.24) is 10.3 Å². The highest BCUT2D eigenvalue weighted by atomic mass is 16.3. The van der Waals surface area contributed by atoms with E-state index in [1.54, 1.807) is 6.07 Å². The highest BCUT2D eigenvalue weighted by molar-refractivity contribution is 5.95. The van der Waals surface area contributed by atoms with Crippen molar-refractivity contribution >= 4 is 5.91 Å². The maximum atomic E-state index is 12.3. The fraction of sp³-hybridized carbons (Fsp3) is 0.600. The number of aliphatic hydroxyl groups is 1. The van der Waals surface area contributed by atoms with Gasteiger partial charge < -0.3 is 10.4 Å². The van der Waals surface area contributed by atoms with E-state index in [1.165, 1.54) is 6.42 Å². The number of nitrogens with one attached hydrogen (secondary N) is 1. The summed E-state index contributed by atoms with van der Waals surface area (Å²) in [7, 11) is 0. The number of carbonyl (C=O) groups is 1. The Hall–Kier alpha value is -1.42. The van der Waals surface area contributed by atoms with Crippen molar-refractivity contribution < 1.29 is 9.90 Å². The predicted octanol–water partition coefficient (Wildman–Crippen LogP) is 2.12. The molecule has 0 saturated heterocycles. The fourth-order valence-corrected chi connectivity index (χ4v) is 2.79. The van der Waals surface area contributed by atoms with E-state index in [2.05, 4.69) is 10.3 Å². The van der Waals surface area contributed by atoms with E-state index < -0.39 is 5.54 Å². The standard InChI is InChI=1S/C15H22N2O2/c1-11-6-7-13(12(2)16-11)14(19)17-15(10-18)8-4-3-5-9-15/h6-7,18H,3-5,8-10H2,1-2H3,(H,17,19). The smallest absolute Gasteiger partial charge is 0.253 e. The molecule has 0 unspecified atom stereocenters. The van der Waals surface area contributed by atoms with Crippen LogP contribution in [0.3, 0.4) is 0 Å². The van der Waals surface area contributed by atoms with Crippen molar-refractivity contribution in [3.05, 3.63) is 29.1 Å². The van der Waals surface area contributed by atoms with Gasteiger partial charge in [0.2, 0.25) is 0 Å². The second-order valence-corrected chi connectivity index (χ2v) is 5.54. The van der Waals surface area contributed by atoms with Crippen molar-refractivity contribution in [2.75, 3.05) is 6.61 Å². The molecule has 1 amide bonds. The van der Waals surface area contributed by atoms with Crippen molar-refractivity contribution in [2.24, 2.45) is 0 Å². The van der Waals surface area contributed by atoms with Crippen LogP contribution in [0, 0.1) is 13.8 Å². The summed E-state index contributed by atoms with van der Waals surface area (Å²) in [5.74, 6) is -0.124. The number of aliphatic hydroxyl groups excluding tert-OH is 1. The normalized spacial score (nSPS) is 18.1. The molecule has 1 aliphatic rings. The largest absolute Gasteiger partial charge is 0.394 e. The Bertz CT molecular complexity index is 465. The lowest BCUT2D eigenvalue weighted by Crippen LogP contribution is -2.52. The molecule has 1 fully saturated rings. The molecule has 0 aromatic carbocycles. The Balaban J connectivity index is 2.15. The number of aromatic nitrogens is 1. The van der Waals surface area contributed by atoms with Crippen LogP contribution in [0.5, 0.6) is 0 Å². The first-order chi connectivity index (χ1) is 9.06. The summed E-state index contributed by atoms with van der Waals surface area (Å²) < 4.78 is 0. The molecule has 1 aliphatic carbocycles. The quantitative estimate of drug-likeness (QED) is 0.877. The first-order valence-corrected chi connectivity index (χ1v) is 6.94. The molecule has 2 N–H and O–H groups in total. The summed E-state index contributed by atoms with van der Waals surface area (Å²) >= 11 is 0. The van der Waals surface area contributed by atoms with E-state index in [1.807, 2.05) is 19.9 Å². The molecule has 1 saturated carbocycles. The van der Waals surface area contributed by atoms with Crippen LogP contribution in [0.4, 0.5) is 0 Å². The van der Waals surface area contributed by atoms with Gasteiger partial charge in [0, 0.05) is 5.69 Å². The van der Waals surface area contributed by atoms with Crippen LogP contribution in [0.1, 0.15) is 53.8 Å². The minimum absolute atomic E-state index is 0.0110. The zero-order chi connectivity index (χ0) is 13.9. The number of pyridine rings is 1.